The smallest absolute Gasteiger partial charge is 0.246 e. The summed E-state index contributed by atoms with van der Waals surface area (Å²) in [6, 6.07) is 7.85. The molecule has 0 saturated heterocycles. The van der Waals surface area contributed by atoms with Crippen LogP contribution < -0.4 is 5.48 Å². The van der Waals surface area contributed by atoms with Gasteiger partial charge in [0.2, 0.25) is 5.91 Å². The molecule has 0 saturated carbocycles. The van der Waals surface area contributed by atoms with E-state index in [2.05, 4.69) is 0 Å². The average molecular weight is 291 g/mol. The van der Waals surface area contributed by atoms with Crippen molar-refractivity contribution in [2.75, 3.05) is 0 Å². The summed E-state index contributed by atoms with van der Waals surface area (Å²) >= 11 is 0. The number of hydrogen-bond donors (Lipinski definition) is 2. The Morgan fingerprint density at radius 2 is 1.71 bits per heavy atom. The van der Waals surface area contributed by atoms with E-state index in [1.54, 1.807) is 5.48 Å². The maximum atomic E-state index is 12.4. The van der Waals surface area contributed by atoms with Gasteiger partial charge in [-0.2, -0.15) is 0 Å². The van der Waals surface area contributed by atoms with E-state index >= 15 is 0 Å². The number of Topliss-reactive ketones (excluding diaryl/α,β-unsaturated/α-hetero) is 1. The number of ketones is 1. The Hall–Kier alpha value is -1.68. The first kappa shape index (κ1) is 17.4. The minimum atomic E-state index is -0.479. The molecule has 0 aliphatic heterocycles. The Labute approximate surface area is 126 Å². The van der Waals surface area contributed by atoms with Crippen LogP contribution in [-0.2, 0) is 9.59 Å². The van der Waals surface area contributed by atoms with Crippen LogP contribution in [0, 0.1) is 18.8 Å². The molecule has 2 atom stereocenters. The van der Waals surface area contributed by atoms with E-state index in [-0.39, 0.29) is 24.0 Å². The topological polar surface area (TPSA) is 66.4 Å². The molecule has 1 unspecified atom stereocenters. The molecule has 4 nitrogen and oxygen atoms in total. The van der Waals surface area contributed by atoms with E-state index in [0.717, 1.165) is 11.1 Å². The highest BCUT2D eigenvalue weighted by Gasteiger charge is 2.25. The number of carbonyl (C=O) groups excluding carboxylic acids is 2. The Morgan fingerprint density at radius 3 is 2.19 bits per heavy atom. The third-order valence-corrected chi connectivity index (χ3v) is 3.74. The minimum absolute atomic E-state index is 0.0214. The van der Waals surface area contributed by atoms with Crippen molar-refractivity contribution in [1.82, 2.24) is 5.48 Å². The lowest BCUT2D eigenvalue weighted by atomic mass is 9.86. The Morgan fingerprint density at radius 1 is 1.14 bits per heavy atom. The van der Waals surface area contributed by atoms with Crippen molar-refractivity contribution in [3.05, 3.63) is 35.4 Å². The van der Waals surface area contributed by atoms with E-state index in [0.29, 0.717) is 6.42 Å². The van der Waals surface area contributed by atoms with Crippen molar-refractivity contribution >= 4 is 11.7 Å². The van der Waals surface area contributed by atoms with Gasteiger partial charge in [0.15, 0.2) is 0 Å². The van der Waals surface area contributed by atoms with Gasteiger partial charge in [0, 0.05) is 18.3 Å². The van der Waals surface area contributed by atoms with Crippen LogP contribution in [0.2, 0.25) is 0 Å². The van der Waals surface area contributed by atoms with Gasteiger partial charge in [0.25, 0.3) is 0 Å². The van der Waals surface area contributed by atoms with Crippen LogP contribution in [0.1, 0.15) is 50.7 Å². The van der Waals surface area contributed by atoms with E-state index in [9.17, 15) is 9.59 Å². The fourth-order valence-electron chi connectivity index (χ4n) is 2.40. The first-order chi connectivity index (χ1) is 9.85. The number of benzene rings is 1. The highest BCUT2D eigenvalue weighted by atomic mass is 16.5. The largest absolute Gasteiger partial charge is 0.299 e. The zero-order valence-corrected chi connectivity index (χ0v) is 13.2. The molecule has 0 aliphatic carbocycles. The van der Waals surface area contributed by atoms with Crippen molar-refractivity contribution in [3.63, 3.8) is 0 Å². The summed E-state index contributed by atoms with van der Waals surface area (Å²) in [6.45, 7) is 7.84. The molecule has 1 aromatic rings. The van der Waals surface area contributed by atoms with Crippen molar-refractivity contribution < 1.29 is 14.8 Å². The summed E-state index contributed by atoms with van der Waals surface area (Å²) < 4.78 is 0. The van der Waals surface area contributed by atoms with Gasteiger partial charge in [-0.15, -0.1) is 0 Å². The molecule has 0 spiro atoms. The highest BCUT2D eigenvalue weighted by molar-refractivity contribution is 5.90. The van der Waals surface area contributed by atoms with Crippen LogP contribution in [-0.4, -0.2) is 16.9 Å². The number of rotatable bonds is 7. The molecule has 0 heterocycles. The molecule has 4 heteroatoms. The van der Waals surface area contributed by atoms with Crippen LogP contribution in [0.4, 0.5) is 0 Å². The van der Waals surface area contributed by atoms with Crippen LogP contribution in [0.15, 0.2) is 24.3 Å². The van der Waals surface area contributed by atoms with Crippen LogP contribution >= 0.6 is 0 Å². The van der Waals surface area contributed by atoms with E-state index < -0.39 is 11.8 Å². The predicted molar refractivity (Wildman–Crippen MR) is 82.1 cm³/mol. The second kappa shape index (κ2) is 7.93. The maximum absolute atomic E-state index is 12.4. The van der Waals surface area contributed by atoms with Crippen LogP contribution in [0.25, 0.3) is 0 Å². The maximum Gasteiger partial charge on any atom is 0.246 e. The molecule has 0 fully saturated rings. The molecule has 0 radical (unpaired) electrons. The van der Waals surface area contributed by atoms with Gasteiger partial charge in [-0.1, -0.05) is 50.6 Å². The summed E-state index contributed by atoms with van der Waals surface area (Å²) in [6.07, 6.45) is 0.734. The lowest BCUT2D eigenvalue weighted by molar-refractivity contribution is -0.136. The van der Waals surface area contributed by atoms with E-state index in [1.165, 1.54) is 0 Å². The Bertz CT molecular complexity index is 479. The average Bonchev–Trinajstić information content (AvgIpc) is 2.45. The molecule has 0 bridgehead atoms. The number of hydroxylamine groups is 1. The summed E-state index contributed by atoms with van der Waals surface area (Å²) in [5, 5.41) is 8.81. The lowest BCUT2D eigenvalue weighted by Gasteiger charge is -2.18. The number of carbonyl (C=O) groups is 2. The molecule has 2 N–H and O–H groups in total. The molecule has 21 heavy (non-hydrogen) atoms. The first-order valence-electron chi connectivity index (χ1n) is 7.38. The van der Waals surface area contributed by atoms with Gasteiger partial charge < -0.3 is 0 Å². The normalized spacial score (nSPS) is 13.8. The molecule has 0 aromatic heterocycles. The molecule has 1 amide bonds. The standard InChI is InChI=1S/C17H25NO3/c1-11(2)9-15(17(20)18-21)10-16(19)13(4)14-7-5-12(3)6-8-14/h5-8,11,13,15,21H,9-10H2,1-4H3,(H,18,20)/t13?,15-/m0/s1. The van der Waals surface area contributed by atoms with Crippen LogP contribution in [0.3, 0.4) is 0 Å². The SMILES string of the molecule is Cc1ccc(C(C)C(=O)C[C@H](CC(C)C)C(=O)NO)cc1. The number of hydrogen-bond acceptors (Lipinski definition) is 3. The number of amides is 1. The lowest BCUT2D eigenvalue weighted by Crippen LogP contribution is -2.31. The Kier molecular flexibility index (Phi) is 6.56. The van der Waals surface area contributed by atoms with Crippen LogP contribution in [0.5, 0.6) is 0 Å². The third kappa shape index (κ3) is 5.31. The molecular formula is C17H25NO3. The van der Waals surface area contributed by atoms with Gasteiger partial charge in [-0.05, 0) is 24.8 Å². The quantitative estimate of drug-likeness (QED) is 0.598. The van der Waals surface area contributed by atoms with Gasteiger partial charge in [-0.25, -0.2) is 5.48 Å². The zero-order valence-electron chi connectivity index (χ0n) is 13.2. The van der Waals surface area contributed by atoms with Crippen molar-refractivity contribution in [1.29, 1.82) is 0 Å². The van der Waals surface area contributed by atoms with Gasteiger partial charge in [-0.3, -0.25) is 14.8 Å². The van der Waals surface area contributed by atoms with Crippen molar-refractivity contribution in [2.24, 2.45) is 11.8 Å². The number of aryl methyl sites for hydroxylation is 1. The zero-order chi connectivity index (χ0) is 16.0. The van der Waals surface area contributed by atoms with Gasteiger partial charge in [0.1, 0.15) is 5.78 Å². The fraction of sp³-hybridized carbons (Fsp3) is 0.529. The fourth-order valence-corrected chi connectivity index (χ4v) is 2.40. The van der Waals surface area contributed by atoms with Gasteiger partial charge in [0.05, 0.1) is 0 Å². The summed E-state index contributed by atoms with van der Waals surface area (Å²) in [7, 11) is 0. The summed E-state index contributed by atoms with van der Waals surface area (Å²) in [5.41, 5.74) is 3.78. The summed E-state index contributed by atoms with van der Waals surface area (Å²) in [5.74, 6) is -0.891. The number of nitrogens with one attached hydrogen (secondary N) is 1. The van der Waals surface area contributed by atoms with E-state index in [4.69, 9.17) is 5.21 Å². The minimum Gasteiger partial charge on any atom is -0.299 e. The highest BCUT2D eigenvalue weighted by Crippen LogP contribution is 2.23. The van der Waals surface area contributed by atoms with E-state index in [1.807, 2.05) is 52.0 Å². The third-order valence-electron chi connectivity index (χ3n) is 3.74. The molecule has 1 aromatic carbocycles. The van der Waals surface area contributed by atoms with Gasteiger partial charge >= 0.3 is 0 Å². The second-order valence-corrected chi connectivity index (χ2v) is 6.11. The van der Waals surface area contributed by atoms with Crippen molar-refractivity contribution in [2.45, 2.75) is 46.5 Å². The molecular weight excluding hydrogens is 266 g/mol. The van der Waals surface area contributed by atoms with Crippen molar-refractivity contribution in [3.8, 4) is 0 Å². The second-order valence-electron chi connectivity index (χ2n) is 6.11. The first-order valence-corrected chi connectivity index (χ1v) is 7.38. The predicted octanol–water partition coefficient (Wildman–Crippen LogP) is 3.23. The Balaban J connectivity index is 2.76. The monoisotopic (exact) mass is 291 g/mol. The molecule has 116 valence electrons. The molecule has 1 rings (SSSR count). The molecule has 0 aliphatic rings. The summed E-state index contributed by atoms with van der Waals surface area (Å²) in [4.78, 5) is 24.1.